The van der Waals surface area contributed by atoms with Crippen molar-refractivity contribution in [2.45, 2.75) is 38.5 Å². The zero-order valence-electron chi connectivity index (χ0n) is 13.7. The Morgan fingerprint density at radius 1 is 1.08 bits per heavy atom. The van der Waals surface area contributed by atoms with Gasteiger partial charge in [0.15, 0.2) is 0 Å². The number of carboxylic acids is 1. The maximum absolute atomic E-state index is 11.3. The number of aliphatic carboxylic acids is 1. The molecule has 3 rings (SSSR count). The molecule has 2 N–H and O–H groups in total. The van der Waals surface area contributed by atoms with Gasteiger partial charge < -0.3 is 15.2 Å². The molecule has 0 heterocycles. The number of hydrogen-bond acceptors (Lipinski definition) is 3. The van der Waals surface area contributed by atoms with E-state index in [2.05, 4.69) is 5.32 Å². The number of nitrogens with one attached hydrogen (secondary N) is 1. The first-order valence-corrected chi connectivity index (χ1v) is 8.45. The molecule has 0 aromatic heterocycles. The third kappa shape index (κ3) is 4.15. The first-order chi connectivity index (χ1) is 11.7. The molecular weight excluding hydrogens is 302 g/mol. The van der Waals surface area contributed by atoms with E-state index < -0.39 is 5.97 Å². The zero-order valence-corrected chi connectivity index (χ0v) is 13.7. The topological polar surface area (TPSA) is 58.6 Å². The minimum atomic E-state index is -0.696. The maximum atomic E-state index is 11.3. The van der Waals surface area contributed by atoms with Crippen LogP contribution in [-0.4, -0.2) is 17.1 Å². The molecule has 1 saturated carbocycles. The van der Waals surface area contributed by atoms with E-state index in [-0.39, 0.29) is 12.0 Å². The van der Waals surface area contributed by atoms with Crippen molar-refractivity contribution < 1.29 is 14.6 Å². The zero-order chi connectivity index (χ0) is 16.8. The summed E-state index contributed by atoms with van der Waals surface area (Å²) in [5, 5.41) is 12.7. The third-order valence-electron chi connectivity index (χ3n) is 4.60. The second-order valence-electron chi connectivity index (χ2n) is 6.25. The molecule has 0 radical (unpaired) electrons. The molecule has 2 atom stereocenters. The second kappa shape index (κ2) is 7.97. The van der Waals surface area contributed by atoms with Crippen LogP contribution in [0, 0.1) is 5.92 Å². The molecule has 1 aliphatic carbocycles. The Balaban J connectivity index is 1.61. The fourth-order valence-corrected chi connectivity index (χ4v) is 3.27. The second-order valence-corrected chi connectivity index (χ2v) is 6.25. The van der Waals surface area contributed by atoms with E-state index in [1.54, 1.807) is 0 Å². The summed E-state index contributed by atoms with van der Waals surface area (Å²) in [6.45, 7) is 1.15. The molecular formula is C20H23NO3. The van der Waals surface area contributed by atoms with Crippen LogP contribution >= 0.6 is 0 Å². The normalized spacial score (nSPS) is 20.0. The van der Waals surface area contributed by atoms with E-state index >= 15 is 0 Å². The molecule has 1 fully saturated rings. The van der Waals surface area contributed by atoms with Crippen LogP contribution in [0.2, 0.25) is 0 Å². The summed E-state index contributed by atoms with van der Waals surface area (Å²) in [6.07, 6.45) is 2.66. The van der Waals surface area contributed by atoms with E-state index in [1.807, 2.05) is 54.6 Å². The van der Waals surface area contributed by atoms with E-state index in [9.17, 15) is 9.90 Å². The lowest BCUT2D eigenvalue weighted by molar-refractivity contribution is -0.142. The Bertz CT molecular complexity index is 672. The molecule has 1 aliphatic rings. The van der Waals surface area contributed by atoms with Gasteiger partial charge in [-0.25, -0.2) is 0 Å². The number of rotatable bonds is 7. The minimum Gasteiger partial charge on any atom is -0.489 e. The van der Waals surface area contributed by atoms with Gasteiger partial charge in [0.25, 0.3) is 0 Å². The van der Waals surface area contributed by atoms with Crippen molar-refractivity contribution >= 4 is 5.97 Å². The van der Waals surface area contributed by atoms with Gasteiger partial charge in [-0.2, -0.15) is 0 Å². The van der Waals surface area contributed by atoms with Gasteiger partial charge in [-0.1, -0.05) is 55.0 Å². The van der Waals surface area contributed by atoms with Crippen molar-refractivity contribution in [2.24, 2.45) is 5.92 Å². The molecule has 2 unspecified atom stereocenters. The van der Waals surface area contributed by atoms with Gasteiger partial charge in [0.05, 0.1) is 5.92 Å². The van der Waals surface area contributed by atoms with Crippen molar-refractivity contribution in [2.75, 3.05) is 0 Å². The van der Waals surface area contributed by atoms with Crippen molar-refractivity contribution in [3.63, 3.8) is 0 Å². The molecule has 0 spiro atoms. The van der Waals surface area contributed by atoms with Crippen molar-refractivity contribution in [1.29, 1.82) is 0 Å². The fraction of sp³-hybridized carbons (Fsp3) is 0.350. The van der Waals surface area contributed by atoms with E-state index in [1.165, 1.54) is 0 Å². The average Bonchev–Trinajstić information content (AvgIpc) is 3.08. The van der Waals surface area contributed by atoms with Crippen LogP contribution in [0.3, 0.4) is 0 Å². The summed E-state index contributed by atoms with van der Waals surface area (Å²) in [7, 11) is 0. The summed E-state index contributed by atoms with van der Waals surface area (Å²) in [4.78, 5) is 11.3. The van der Waals surface area contributed by atoms with E-state index in [4.69, 9.17) is 4.74 Å². The first kappa shape index (κ1) is 16.5. The first-order valence-electron chi connectivity index (χ1n) is 8.45. The molecule has 24 heavy (non-hydrogen) atoms. The third-order valence-corrected chi connectivity index (χ3v) is 4.60. The van der Waals surface area contributed by atoms with Crippen LogP contribution in [0.25, 0.3) is 0 Å². The monoisotopic (exact) mass is 325 g/mol. The lowest BCUT2D eigenvalue weighted by Crippen LogP contribution is -2.35. The highest BCUT2D eigenvalue weighted by molar-refractivity contribution is 5.71. The van der Waals surface area contributed by atoms with Crippen LogP contribution in [0.1, 0.15) is 30.4 Å². The highest BCUT2D eigenvalue weighted by Crippen LogP contribution is 2.27. The minimum absolute atomic E-state index is 0.0460. The molecule has 126 valence electrons. The van der Waals surface area contributed by atoms with Crippen LogP contribution < -0.4 is 10.1 Å². The highest BCUT2D eigenvalue weighted by Gasteiger charge is 2.32. The Morgan fingerprint density at radius 3 is 2.62 bits per heavy atom. The predicted molar refractivity (Wildman–Crippen MR) is 92.8 cm³/mol. The van der Waals surface area contributed by atoms with Crippen LogP contribution in [0.5, 0.6) is 5.75 Å². The maximum Gasteiger partial charge on any atom is 0.308 e. The quantitative estimate of drug-likeness (QED) is 0.816. The molecule has 2 aromatic carbocycles. The van der Waals surface area contributed by atoms with Crippen LogP contribution in [0.15, 0.2) is 54.6 Å². The van der Waals surface area contributed by atoms with Gasteiger partial charge in [-0.15, -0.1) is 0 Å². The molecule has 2 aromatic rings. The number of benzene rings is 2. The van der Waals surface area contributed by atoms with Crippen molar-refractivity contribution in [3.05, 3.63) is 65.7 Å². The number of carbonyl (C=O) groups is 1. The Kier molecular flexibility index (Phi) is 5.49. The summed E-state index contributed by atoms with van der Waals surface area (Å²) in [5.74, 6) is -0.125. The van der Waals surface area contributed by atoms with Gasteiger partial charge in [0.2, 0.25) is 0 Å². The lowest BCUT2D eigenvalue weighted by atomic mass is 10.0. The van der Waals surface area contributed by atoms with Gasteiger partial charge in [-0.05, 0) is 24.5 Å². The van der Waals surface area contributed by atoms with Gasteiger partial charge in [0, 0.05) is 18.2 Å². The molecule has 4 nitrogen and oxygen atoms in total. The SMILES string of the molecule is O=C(O)C1CCCC1NCc1ccccc1OCc1ccccc1. The van der Waals surface area contributed by atoms with Crippen LogP contribution in [-0.2, 0) is 17.9 Å². The Hall–Kier alpha value is -2.33. The largest absolute Gasteiger partial charge is 0.489 e. The molecule has 4 heteroatoms. The molecule has 0 amide bonds. The highest BCUT2D eigenvalue weighted by atomic mass is 16.5. The van der Waals surface area contributed by atoms with Gasteiger partial charge in [0.1, 0.15) is 12.4 Å². The fourth-order valence-electron chi connectivity index (χ4n) is 3.27. The van der Waals surface area contributed by atoms with Crippen LogP contribution in [0.4, 0.5) is 0 Å². The number of ether oxygens (including phenoxy) is 1. The molecule has 0 bridgehead atoms. The predicted octanol–water partition coefficient (Wildman–Crippen LogP) is 3.61. The number of hydrogen-bond donors (Lipinski definition) is 2. The van der Waals surface area contributed by atoms with Crippen molar-refractivity contribution in [3.8, 4) is 5.75 Å². The Labute approximate surface area is 142 Å². The lowest BCUT2D eigenvalue weighted by Gasteiger charge is -2.19. The van der Waals surface area contributed by atoms with Gasteiger partial charge >= 0.3 is 5.97 Å². The number of para-hydroxylation sites is 1. The smallest absolute Gasteiger partial charge is 0.308 e. The number of carboxylic acid groups (broad SMARTS) is 1. The van der Waals surface area contributed by atoms with E-state index in [0.717, 1.165) is 36.1 Å². The summed E-state index contributed by atoms with van der Waals surface area (Å²) < 4.78 is 5.96. The molecule has 0 saturated heterocycles. The summed E-state index contributed by atoms with van der Waals surface area (Å²) in [6, 6.07) is 18.0. The standard InChI is InChI=1S/C20H23NO3/c22-20(23)17-10-6-11-18(17)21-13-16-9-4-5-12-19(16)24-14-15-7-2-1-3-8-15/h1-5,7-9,12,17-18,21H,6,10-11,13-14H2,(H,22,23). The average molecular weight is 325 g/mol. The summed E-state index contributed by atoms with van der Waals surface area (Å²) in [5.41, 5.74) is 2.19. The summed E-state index contributed by atoms with van der Waals surface area (Å²) >= 11 is 0. The van der Waals surface area contributed by atoms with E-state index in [0.29, 0.717) is 13.2 Å². The molecule has 0 aliphatic heterocycles. The van der Waals surface area contributed by atoms with Crippen molar-refractivity contribution in [1.82, 2.24) is 5.32 Å². The van der Waals surface area contributed by atoms with Gasteiger partial charge in [-0.3, -0.25) is 4.79 Å². The Morgan fingerprint density at radius 2 is 1.83 bits per heavy atom.